The number of aryl methyl sites for hydroxylation is 1. The predicted octanol–water partition coefficient (Wildman–Crippen LogP) is 2.77. The van der Waals surface area contributed by atoms with Gasteiger partial charge in [-0.2, -0.15) is 0 Å². The normalized spacial score (nSPS) is 11.8. The summed E-state index contributed by atoms with van der Waals surface area (Å²) in [5.41, 5.74) is 2.88. The molecular formula is C14H18N2O. The summed E-state index contributed by atoms with van der Waals surface area (Å²) in [7, 11) is 0. The molecule has 1 N–H and O–H groups in total. The number of nitrogens with zero attached hydrogens (tertiary/aromatic N) is 1. The molecule has 0 amide bonds. The largest absolute Gasteiger partial charge is 0.294 e. The van der Waals surface area contributed by atoms with Crippen molar-refractivity contribution < 1.29 is 0 Å². The fourth-order valence-electron chi connectivity index (χ4n) is 1.77. The van der Waals surface area contributed by atoms with Gasteiger partial charge in [0.1, 0.15) is 0 Å². The summed E-state index contributed by atoms with van der Waals surface area (Å²) in [6.07, 6.45) is 0. The highest BCUT2D eigenvalue weighted by atomic mass is 16.1. The lowest BCUT2D eigenvalue weighted by Gasteiger charge is -2.15. The summed E-state index contributed by atoms with van der Waals surface area (Å²) in [5.74, 6) is 0. The second kappa shape index (κ2) is 3.91. The summed E-state index contributed by atoms with van der Waals surface area (Å²) in [6, 6.07) is 9.52. The smallest absolute Gasteiger partial charge is 0.271 e. The molecule has 3 heteroatoms. The van der Waals surface area contributed by atoms with Gasteiger partial charge in [0.05, 0.1) is 5.69 Å². The van der Waals surface area contributed by atoms with Gasteiger partial charge in [0, 0.05) is 17.2 Å². The predicted molar refractivity (Wildman–Crippen MR) is 69.8 cm³/mol. The van der Waals surface area contributed by atoms with E-state index in [1.165, 1.54) is 0 Å². The first-order valence-corrected chi connectivity index (χ1v) is 5.78. The van der Waals surface area contributed by atoms with Gasteiger partial charge in [-0.05, 0) is 18.6 Å². The van der Waals surface area contributed by atoms with Gasteiger partial charge in [-0.3, -0.25) is 9.89 Å². The Hall–Kier alpha value is -1.77. The van der Waals surface area contributed by atoms with E-state index < -0.39 is 0 Å². The fourth-order valence-corrected chi connectivity index (χ4v) is 1.77. The Morgan fingerprint density at radius 1 is 1.18 bits per heavy atom. The van der Waals surface area contributed by atoms with Crippen LogP contribution < -0.4 is 5.56 Å². The first-order chi connectivity index (χ1) is 7.89. The molecule has 0 aliphatic rings. The Morgan fingerprint density at radius 2 is 1.82 bits per heavy atom. The summed E-state index contributed by atoms with van der Waals surface area (Å²) >= 11 is 0. The number of benzene rings is 1. The Balaban J connectivity index is 2.59. The molecule has 0 saturated heterocycles. The molecule has 90 valence electrons. The summed E-state index contributed by atoms with van der Waals surface area (Å²) in [5, 5.41) is 3.18. The van der Waals surface area contributed by atoms with E-state index in [4.69, 9.17) is 0 Å². The molecule has 0 aliphatic carbocycles. The van der Waals surface area contributed by atoms with Crippen LogP contribution in [0, 0.1) is 6.92 Å². The molecule has 0 saturated carbocycles. The monoisotopic (exact) mass is 230 g/mol. The molecule has 0 atom stereocenters. The maximum absolute atomic E-state index is 12.0. The van der Waals surface area contributed by atoms with Gasteiger partial charge < -0.3 is 0 Å². The standard InChI is InChI=1S/C14H18N2O/c1-10-7-5-6-8-11(10)16-13(17)9-12(15-16)14(2,3)4/h5-9,15H,1-4H3. The van der Waals surface area contributed by atoms with Crippen molar-refractivity contribution in [3.05, 3.63) is 51.9 Å². The van der Waals surface area contributed by atoms with Crippen molar-refractivity contribution in [1.82, 2.24) is 9.78 Å². The van der Waals surface area contributed by atoms with Gasteiger partial charge in [-0.1, -0.05) is 39.0 Å². The van der Waals surface area contributed by atoms with Crippen molar-refractivity contribution >= 4 is 0 Å². The molecule has 1 aromatic heterocycles. The molecule has 0 aliphatic heterocycles. The van der Waals surface area contributed by atoms with Crippen LogP contribution in [0.2, 0.25) is 0 Å². The maximum Gasteiger partial charge on any atom is 0.271 e. The first kappa shape index (κ1) is 11.7. The van der Waals surface area contributed by atoms with Gasteiger partial charge in [0.15, 0.2) is 0 Å². The number of rotatable bonds is 1. The average Bonchev–Trinajstić information content (AvgIpc) is 2.61. The van der Waals surface area contributed by atoms with E-state index in [1.807, 2.05) is 31.2 Å². The van der Waals surface area contributed by atoms with E-state index in [-0.39, 0.29) is 11.0 Å². The van der Waals surface area contributed by atoms with E-state index >= 15 is 0 Å². The number of para-hydroxylation sites is 1. The highest BCUT2D eigenvalue weighted by Gasteiger charge is 2.18. The summed E-state index contributed by atoms with van der Waals surface area (Å²) in [4.78, 5) is 12.0. The highest BCUT2D eigenvalue weighted by Crippen LogP contribution is 2.19. The third kappa shape index (κ3) is 2.18. The van der Waals surface area contributed by atoms with Crippen molar-refractivity contribution in [2.75, 3.05) is 0 Å². The molecule has 3 nitrogen and oxygen atoms in total. The maximum atomic E-state index is 12.0. The minimum absolute atomic E-state index is 0.00998. The zero-order chi connectivity index (χ0) is 12.6. The molecule has 1 heterocycles. The van der Waals surface area contributed by atoms with Crippen LogP contribution in [0.15, 0.2) is 35.1 Å². The van der Waals surface area contributed by atoms with E-state index in [0.29, 0.717) is 0 Å². The lowest BCUT2D eigenvalue weighted by atomic mass is 9.93. The molecular weight excluding hydrogens is 212 g/mol. The van der Waals surface area contributed by atoms with Gasteiger partial charge in [0.25, 0.3) is 5.56 Å². The summed E-state index contributed by atoms with van der Waals surface area (Å²) in [6.45, 7) is 8.25. The SMILES string of the molecule is Cc1ccccc1-n1[nH]c(C(C)(C)C)cc1=O. The number of nitrogens with one attached hydrogen (secondary N) is 1. The second-order valence-electron chi connectivity index (χ2n) is 5.38. The molecule has 0 radical (unpaired) electrons. The second-order valence-corrected chi connectivity index (χ2v) is 5.38. The molecule has 0 fully saturated rings. The molecule has 1 aromatic carbocycles. The summed E-state index contributed by atoms with van der Waals surface area (Å²) < 4.78 is 1.61. The molecule has 0 unspecified atom stereocenters. The minimum atomic E-state index is -0.0485. The minimum Gasteiger partial charge on any atom is -0.294 e. The lowest BCUT2D eigenvalue weighted by Crippen LogP contribution is -2.15. The Morgan fingerprint density at radius 3 is 2.35 bits per heavy atom. The van der Waals surface area contributed by atoms with Crippen molar-refractivity contribution in [3.8, 4) is 5.69 Å². The Labute approximate surface area is 101 Å². The number of H-pyrrole nitrogens is 1. The van der Waals surface area contributed by atoms with Crippen LogP contribution >= 0.6 is 0 Å². The Bertz CT molecular complexity index is 585. The number of hydrogen-bond acceptors (Lipinski definition) is 1. The van der Waals surface area contributed by atoms with Crippen LogP contribution in [-0.2, 0) is 5.41 Å². The van der Waals surface area contributed by atoms with E-state index in [9.17, 15) is 4.79 Å². The third-order valence-electron chi connectivity index (χ3n) is 2.88. The zero-order valence-electron chi connectivity index (χ0n) is 10.7. The molecule has 2 aromatic rings. The van der Waals surface area contributed by atoms with Crippen LogP contribution in [0.1, 0.15) is 32.0 Å². The van der Waals surface area contributed by atoms with Crippen molar-refractivity contribution in [1.29, 1.82) is 0 Å². The average molecular weight is 230 g/mol. The van der Waals surface area contributed by atoms with E-state index in [0.717, 1.165) is 16.9 Å². The van der Waals surface area contributed by atoms with E-state index in [1.54, 1.807) is 10.7 Å². The quantitative estimate of drug-likeness (QED) is 0.803. The number of hydrogen-bond donors (Lipinski definition) is 1. The first-order valence-electron chi connectivity index (χ1n) is 5.78. The Kier molecular flexibility index (Phi) is 2.69. The fraction of sp³-hybridized carbons (Fsp3) is 0.357. The molecule has 2 rings (SSSR count). The van der Waals surface area contributed by atoms with Crippen LogP contribution in [0.5, 0.6) is 0 Å². The van der Waals surface area contributed by atoms with Gasteiger partial charge in [-0.15, -0.1) is 0 Å². The molecule has 0 bridgehead atoms. The van der Waals surface area contributed by atoms with Crippen LogP contribution in [0.3, 0.4) is 0 Å². The van der Waals surface area contributed by atoms with Crippen LogP contribution in [0.25, 0.3) is 5.69 Å². The molecule has 0 spiro atoms. The number of aromatic amines is 1. The van der Waals surface area contributed by atoms with Crippen molar-refractivity contribution in [2.45, 2.75) is 33.1 Å². The topological polar surface area (TPSA) is 37.8 Å². The van der Waals surface area contributed by atoms with Crippen molar-refractivity contribution in [2.24, 2.45) is 0 Å². The van der Waals surface area contributed by atoms with Crippen LogP contribution in [0.4, 0.5) is 0 Å². The van der Waals surface area contributed by atoms with Crippen LogP contribution in [-0.4, -0.2) is 9.78 Å². The van der Waals surface area contributed by atoms with E-state index in [2.05, 4.69) is 25.9 Å². The zero-order valence-corrected chi connectivity index (χ0v) is 10.7. The molecule has 17 heavy (non-hydrogen) atoms. The van der Waals surface area contributed by atoms with Gasteiger partial charge >= 0.3 is 0 Å². The number of aromatic nitrogens is 2. The van der Waals surface area contributed by atoms with Crippen molar-refractivity contribution in [3.63, 3.8) is 0 Å². The highest BCUT2D eigenvalue weighted by molar-refractivity contribution is 5.39. The lowest BCUT2D eigenvalue weighted by molar-refractivity contribution is 0.560. The third-order valence-corrected chi connectivity index (χ3v) is 2.88. The van der Waals surface area contributed by atoms with Gasteiger partial charge in [0.2, 0.25) is 0 Å². The van der Waals surface area contributed by atoms with Gasteiger partial charge in [-0.25, -0.2) is 4.68 Å².